The largest absolute Gasteiger partial charge is 0.443 e. The highest BCUT2D eigenvalue weighted by atomic mass is 32.2. The predicted octanol–water partition coefficient (Wildman–Crippen LogP) is 3.55. The minimum atomic E-state index is -0.610. The van der Waals surface area contributed by atoms with Gasteiger partial charge in [0, 0.05) is 22.6 Å². The van der Waals surface area contributed by atoms with E-state index in [0.717, 1.165) is 16.2 Å². The number of carbonyl (C=O) groups excluding carboxylic acids is 1. The van der Waals surface area contributed by atoms with Crippen LogP contribution in [0.15, 0.2) is 28.2 Å². The van der Waals surface area contributed by atoms with Gasteiger partial charge in [-0.25, -0.2) is 14.6 Å². The van der Waals surface area contributed by atoms with Crippen LogP contribution in [-0.4, -0.2) is 23.2 Å². The number of hydrogen-bond acceptors (Lipinski definition) is 4. The van der Waals surface area contributed by atoms with Crippen LogP contribution < -0.4 is 5.43 Å². The molecule has 0 bridgehead atoms. The first-order valence-corrected chi connectivity index (χ1v) is 7.32. The first kappa shape index (κ1) is 14.8. The van der Waals surface area contributed by atoms with E-state index < -0.39 is 11.7 Å². The number of halogens is 1. The number of carbonyl (C=O) groups is 1. The Labute approximate surface area is 121 Å². The highest BCUT2D eigenvalue weighted by Crippen LogP contribution is 2.30. The molecule has 1 N–H and O–H groups in total. The van der Waals surface area contributed by atoms with Gasteiger partial charge in [-0.15, -0.1) is 11.8 Å². The van der Waals surface area contributed by atoms with Crippen molar-refractivity contribution in [2.75, 3.05) is 5.75 Å². The summed E-state index contributed by atoms with van der Waals surface area (Å²) < 4.78 is 18.4. The van der Waals surface area contributed by atoms with Crippen LogP contribution in [0.2, 0.25) is 0 Å². The van der Waals surface area contributed by atoms with Gasteiger partial charge in [0.15, 0.2) is 0 Å². The van der Waals surface area contributed by atoms with Gasteiger partial charge >= 0.3 is 6.09 Å². The number of nitrogens with zero attached hydrogens (tertiary/aromatic N) is 1. The second-order valence-electron chi connectivity index (χ2n) is 5.41. The van der Waals surface area contributed by atoms with Crippen molar-refractivity contribution in [3.8, 4) is 0 Å². The Morgan fingerprint density at radius 3 is 2.90 bits per heavy atom. The maximum atomic E-state index is 13.3. The van der Waals surface area contributed by atoms with Gasteiger partial charge in [0.1, 0.15) is 11.4 Å². The number of hydrogen-bond donors (Lipinski definition) is 1. The number of rotatable bonds is 1. The second-order valence-corrected chi connectivity index (χ2v) is 6.55. The zero-order valence-corrected chi connectivity index (χ0v) is 12.5. The van der Waals surface area contributed by atoms with E-state index in [0.29, 0.717) is 12.1 Å². The molecule has 6 heteroatoms. The fourth-order valence-corrected chi connectivity index (χ4v) is 2.79. The molecule has 0 saturated carbocycles. The molecule has 0 fully saturated rings. The molecular formula is C14H17FN2O2S. The first-order valence-electron chi connectivity index (χ1n) is 6.33. The maximum absolute atomic E-state index is 13.3. The fraction of sp³-hybridized carbons (Fsp3) is 0.429. The van der Waals surface area contributed by atoms with Crippen LogP contribution >= 0.6 is 11.8 Å². The minimum absolute atomic E-state index is 0.309. The molecule has 0 saturated heterocycles. The van der Waals surface area contributed by atoms with Gasteiger partial charge in [0.2, 0.25) is 0 Å². The average Bonchev–Trinajstić information content (AvgIpc) is 2.34. The lowest BCUT2D eigenvalue weighted by Crippen LogP contribution is -2.30. The molecule has 0 atom stereocenters. The van der Waals surface area contributed by atoms with E-state index in [1.807, 2.05) is 0 Å². The van der Waals surface area contributed by atoms with Gasteiger partial charge in [-0.2, -0.15) is 5.10 Å². The molecule has 0 spiro atoms. The van der Waals surface area contributed by atoms with E-state index in [2.05, 4.69) is 10.5 Å². The third kappa shape index (κ3) is 3.96. The van der Waals surface area contributed by atoms with E-state index in [1.165, 1.54) is 12.1 Å². The summed E-state index contributed by atoms with van der Waals surface area (Å²) in [5.41, 5.74) is 3.20. The summed E-state index contributed by atoms with van der Waals surface area (Å²) in [4.78, 5) is 12.5. The maximum Gasteiger partial charge on any atom is 0.428 e. The summed E-state index contributed by atoms with van der Waals surface area (Å²) in [7, 11) is 0. The van der Waals surface area contributed by atoms with Crippen molar-refractivity contribution in [3.05, 3.63) is 29.6 Å². The summed E-state index contributed by atoms with van der Waals surface area (Å²) in [6.07, 6.45) is 0.0675. The van der Waals surface area contributed by atoms with Crippen molar-refractivity contribution in [1.82, 2.24) is 5.43 Å². The number of nitrogens with one attached hydrogen (secondary N) is 1. The number of hydrazone groups is 1. The van der Waals surface area contributed by atoms with Crippen LogP contribution in [0.1, 0.15) is 32.8 Å². The molecule has 0 radical (unpaired) electrons. The van der Waals surface area contributed by atoms with Crippen LogP contribution in [0, 0.1) is 5.82 Å². The molecule has 1 aliphatic rings. The summed E-state index contributed by atoms with van der Waals surface area (Å²) in [6, 6.07) is 4.60. The zero-order chi connectivity index (χ0) is 14.8. The molecule has 1 heterocycles. The van der Waals surface area contributed by atoms with Crippen LogP contribution in [0.5, 0.6) is 0 Å². The number of fused-ring (bicyclic) bond motifs is 1. The van der Waals surface area contributed by atoms with Crippen molar-refractivity contribution in [2.45, 2.75) is 37.7 Å². The zero-order valence-electron chi connectivity index (χ0n) is 11.7. The fourth-order valence-electron chi connectivity index (χ4n) is 1.78. The van der Waals surface area contributed by atoms with Gasteiger partial charge in [0.25, 0.3) is 0 Å². The van der Waals surface area contributed by atoms with E-state index in [4.69, 9.17) is 4.74 Å². The van der Waals surface area contributed by atoms with Crippen molar-refractivity contribution in [3.63, 3.8) is 0 Å². The lowest BCUT2D eigenvalue weighted by molar-refractivity contribution is 0.0529. The van der Waals surface area contributed by atoms with Crippen LogP contribution in [-0.2, 0) is 4.74 Å². The van der Waals surface area contributed by atoms with E-state index in [-0.39, 0.29) is 5.82 Å². The molecule has 0 aromatic heterocycles. The van der Waals surface area contributed by atoms with E-state index >= 15 is 0 Å². The molecule has 108 valence electrons. The van der Waals surface area contributed by atoms with Crippen molar-refractivity contribution in [2.24, 2.45) is 5.10 Å². The van der Waals surface area contributed by atoms with Crippen molar-refractivity contribution in [1.29, 1.82) is 0 Å². The molecular weight excluding hydrogens is 279 g/mol. The third-order valence-electron chi connectivity index (χ3n) is 2.53. The monoisotopic (exact) mass is 296 g/mol. The lowest BCUT2D eigenvalue weighted by atomic mass is 10.1. The Hall–Kier alpha value is -1.56. The van der Waals surface area contributed by atoms with Gasteiger partial charge in [-0.1, -0.05) is 0 Å². The molecule has 20 heavy (non-hydrogen) atoms. The van der Waals surface area contributed by atoms with Crippen LogP contribution in [0.4, 0.5) is 9.18 Å². The summed E-state index contributed by atoms with van der Waals surface area (Å²) in [5, 5.41) is 4.06. The molecule has 1 aromatic carbocycles. The third-order valence-corrected chi connectivity index (χ3v) is 3.61. The number of ether oxygens (including phenoxy) is 1. The molecule has 4 nitrogen and oxygen atoms in total. The smallest absolute Gasteiger partial charge is 0.428 e. The van der Waals surface area contributed by atoms with Gasteiger partial charge in [-0.3, -0.25) is 0 Å². The Bertz CT molecular complexity index is 553. The number of thioether (sulfide) groups is 1. The Kier molecular flexibility index (Phi) is 4.32. The first-order chi connectivity index (χ1) is 9.35. The summed E-state index contributed by atoms with van der Waals surface area (Å²) in [6.45, 7) is 5.34. The Balaban J connectivity index is 2.13. The Morgan fingerprint density at radius 2 is 2.20 bits per heavy atom. The lowest BCUT2D eigenvalue weighted by Gasteiger charge is -2.20. The van der Waals surface area contributed by atoms with Gasteiger partial charge < -0.3 is 4.74 Å². The molecule has 1 aromatic rings. The van der Waals surface area contributed by atoms with Crippen molar-refractivity contribution < 1.29 is 13.9 Å². The number of amides is 1. The predicted molar refractivity (Wildman–Crippen MR) is 77.6 cm³/mol. The molecule has 2 rings (SSSR count). The van der Waals surface area contributed by atoms with E-state index in [1.54, 1.807) is 38.6 Å². The standard InChI is InChI=1S/C14H17FN2O2S/c1-14(2,3)19-13(18)17-16-11-6-7-20-12-5-4-9(15)8-10(11)12/h4-5,8H,6-7H2,1-3H3,(H,17,18)/b16-11-. The van der Waals surface area contributed by atoms with Crippen LogP contribution in [0.25, 0.3) is 0 Å². The minimum Gasteiger partial charge on any atom is -0.443 e. The number of benzene rings is 1. The second kappa shape index (κ2) is 5.83. The molecule has 0 unspecified atom stereocenters. The van der Waals surface area contributed by atoms with Crippen molar-refractivity contribution >= 4 is 23.6 Å². The quantitative estimate of drug-likeness (QED) is 0.806. The normalized spacial score (nSPS) is 16.7. The summed E-state index contributed by atoms with van der Waals surface area (Å²) in [5.74, 6) is 0.546. The topological polar surface area (TPSA) is 50.7 Å². The highest BCUT2D eigenvalue weighted by Gasteiger charge is 2.19. The highest BCUT2D eigenvalue weighted by molar-refractivity contribution is 7.99. The van der Waals surface area contributed by atoms with Crippen LogP contribution in [0.3, 0.4) is 0 Å². The molecule has 1 amide bonds. The summed E-state index contributed by atoms with van der Waals surface area (Å²) >= 11 is 1.65. The molecule has 0 aliphatic carbocycles. The SMILES string of the molecule is CC(C)(C)OC(=O)N/N=C1/CCSc2ccc(F)cc21. The average molecular weight is 296 g/mol. The van der Waals surface area contributed by atoms with Gasteiger partial charge in [-0.05, 0) is 39.0 Å². The van der Waals surface area contributed by atoms with E-state index in [9.17, 15) is 9.18 Å². The molecule has 1 aliphatic heterocycles. The Morgan fingerprint density at radius 1 is 1.45 bits per heavy atom. The van der Waals surface area contributed by atoms with Gasteiger partial charge in [0.05, 0.1) is 5.71 Å².